The van der Waals surface area contributed by atoms with Crippen molar-refractivity contribution in [2.75, 3.05) is 95.6 Å². The van der Waals surface area contributed by atoms with Crippen molar-refractivity contribution < 1.29 is 19.4 Å². The van der Waals surface area contributed by atoms with E-state index >= 15 is 0 Å². The van der Waals surface area contributed by atoms with E-state index in [0.717, 1.165) is 116 Å². The largest absolute Gasteiger partial charge is 0.467 e. The van der Waals surface area contributed by atoms with Crippen molar-refractivity contribution >= 4 is 39.8 Å². The van der Waals surface area contributed by atoms with Gasteiger partial charge in [-0.05, 0) is 49.7 Å². The highest BCUT2D eigenvalue weighted by atomic mass is 35.5. The number of ether oxygens (including phenoxy) is 2. The van der Waals surface area contributed by atoms with Crippen LogP contribution in [0.2, 0.25) is 5.02 Å². The molecule has 4 fully saturated rings. The maximum absolute atomic E-state index is 12.8. The topological polar surface area (TPSA) is 122 Å². The second-order valence-electron chi connectivity index (χ2n) is 13.8. The predicted molar refractivity (Wildman–Crippen MR) is 204 cm³/mol. The Morgan fingerprint density at radius 1 is 1.06 bits per heavy atom. The zero-order chi connectivity index (χ0) is 36.5. The van der Waals surface area contributed by atoms with Gasteiger partial charge in [0.2, 0.25) is 5.91 Å². The molecule has 2 aromatic carbocycles. The summed E-state index contributed by atoms with van der Waals surface area (Å²) in [6, 6.07) is 15.2. The molecule has 1 amide bonds. The molecule has 0 spiro atoms. The van der Waals surface area contributed by atoms with Gasteiger partial charge < -0.3 is 29.3 Å². The third-order valence-electron chi connectivity index (χ3n) is 10.5. The van der Waals surface area contributed by atoms with Crippen LogP contribution >= 0.6 is 11.6 Å². The summed E-state index contributed by atoms with van der Waals surface area (Å²) < 4.78 is 10.9. The number of hydrogen-bond acceptors (Lipinski definition) is 11. The molecule has 3 aromatic rings. The molecule has 13 heteroatoms. The van der Waals surface area contributed by atoms with E-state index in [2.05, 4.69) is 43.9 Å². The van der Waals surface area contributed by atoms with E-state index in [4.69, 9.17) is 36.3 Å². The van der Waals surface area contributed by atoms with E-state index in [0.29, 0.717) is 25.6 Å². The van der Waals surface area contributed by atoms with Gasteiger partial charge in [-0.15, -0.1) is 0 Å². The summed E-state index contributed by atoms with van der Waals surface area (Å²) in [7, 11) is 1.61. The van der Waals surface area contributed by atoms with Crippen LogP contribution in [0.25, 0.3) is 10.8 Å². The monoisotopic (exact) mass is 730 g/mol. The fraction of sp³-hybridized carbons (Fsp3) is 0.538. The Bertz CT molecular complexity index is 1720. The van der Waals surface area contributed by atoms with Gasteiger partial charge in [0.25, 0.3) is 0 Å². The van der Waals surface area contributed by atoms with E-state index in [1.54, 1.807) is 19.3 Å². The van der Waals surface area contributed by atoms with Gasteiger partial charge in [0.05, 0.1) is 49.8 Å². The number of aliphatic hydroxyl groups excluding tert-OH is 1. The minimum absolute atomic E-state index is 0.0182. The Kier molecular flexibility index (Phi) is 13.2. The molecular formula is C39H51ClN8O4. The van der Waals surface area contributed by atoms with Gasteiger partial charge in [-0.2, -0.15) is 15.2 Å². The molecule has 2 atom stereocenters. The van der Waals surface area contributed by atoms with Crippen molar-refractivity contribution in [2.24, 2.45) is 0 Å². The number of nitriles is 1. The van der Waals surface area contributed by atoms with Gasteiger partial charge in [0.1, 0.15) is 5.82 Å². The number of piperazine rings is 1. The lowest BCUT2D eigenvalue weighted by molar-refractivity contribution is -0.126. The van der Waals surface area contributed by atoms with Crippen molar-refractivity contribution in [3.8, 4) is 12.1 Å². The average Bonchev–Trinajstić information content (AvgIpc) is 3.76. The van der Waals surface area contributed by atoms with Gasteiger partial charge in [-0.25, -0.2) is 0 Å². The van der Waals surface area contributed by atoms with Crippen LogP contribution in [0.3, 0.4) is 0 Å². The number of benzene rings is 2. The van der Waals surface area contributed by atoms with Crippen LogP contribution in [-0.4, -0.2) is 134 Å². The smallest absolute Gasteiger partial charge is 0.318 e. The number of anilines is 2. The molecule has 5 aliphatic rings. The molecule has 0 saturated carbocycles. The van der Waals surface area contributed by atoms with Gasteiger partial charge in [0, 0.05) is 94.6 Å². The number of rotatable bonds is 6. The zero-order valence-corrected chi connectivity index (χ0v) is 31.2. The molecular weight excluding hydrogens is 680 g/mol. The lowest BCUT2D eigenvalue weighted by Gasteiger charge is -2.38. The first-order chi connectivity index (χ1) is 25.4. The van der Waals surface area contributed by atoms with Crippen molar-refractivity contribution in [1.82, 2.24) is 24.7 Å². The molecule has 5 aliphatic heterocycles. The van der Waals surface area contributed by atoms with Gasteiger partial charge in [0.15, 0.2) is 0 Å². The molecule has 52 heavy (non-hydrogen) atoms. The Balaban J connectivity index is 0.000000328. The van der Waals surface area contributed by atoms with Crippen LogP contribution in [0.1, 0.15) is 37.4 Å². The minimum atomic E-state index is -0.0182. The quantitative estimate of drug-likeness (QED) is 0.369. The summed E-state index contributed by atoms with van der Waals surface area (Å²) in [6.07, 6.45) is 8.18. The Morgan fingerprint density at radius 3 is 2.54 bits per heavy atom. The number of methoxy groups -OCH3 is 1. The number of halogens is 1. The molecule has 8 rings (SSSR count). The summed E-state index contributed by atoms with van der Waals surface area (Å²) >= 11 is 6.64. The molecule has 2 unspecified atom stereocenters. The number of aromatic nitrogens is 2. The molecule has 278 valence electrons. The van der Waals surface area contributed by atoms with E-state index in [-0.39, 0.29) is 12.0 Å². The number of amides is 1. The van der Waals surface area contributed by atoms with Crippen LogP contribution in [0.4, 0.5) is 11.5 Å². The summed E-state index contributed by atoms with van der Waals surface area (Å²) in [5.41, 5.74) is 3.25. The predicted octanol–water partition coefficient (Wildman–Crippen LogP) is 4.14. The van der Waals surface area contributed by atoms with Crippen molar-refractivity contribution in [3.05, 3.63) is 64.8 Å². The number of carbonyl (C=O) groups is 1. The highest BCUT2D eigenvalue weighted by molar-refractivity contribution is 6.36. The van der Waals surface area contributed by atoms with Crippen molar-refractivity contribution in [2.45, 2.75) is 51.3 Å². The zero-order valence-electron chi connectivity index (χ0n) is 30.4. The fourth-order valence-electron chi connectivity index (χ4n) is 7.88. The third kappa shape index (κ3) is 9.14. The Morgan fingerprint density at radius 2 is 1.81 bits per heavy atom. The SMILES string of the molecule is CC#N.COc1nc2c(c(N3CCN(C(=O)/C=C/CN4CCOCC4)CC3)n1)CCN(c1cccc3cccc(Cl)c13)C2.OC1CC2CCCN2C1. The molecule has 0 aliphatic carbocycles. The number of aliphatic hydroxyl groups is 1. The number of hydrogen-bond donors (Lipinski definition) is 1. The number of carbonyl (C=O) groups excluding carboxylic acids is 1. The Hall–Kier alpha value is -3.99. The lowest BCUT2D eigenvalue weighted by atomic mass is 10.0. The van der Waals surface area contributed by atoms with Gasteiger partial charge in [-0.1, -0.05) is 41.9 Å². The maximum Gasteiger partial charge on any atom is 0.318 e. The standard InChI is InChI=1S/C30H35ClN6O3.C7H13NO.C2H3N/c1-39-30-32-25-21-37(26-8-3-6-22-5-2-7-24(31)28(22)26)12-10-23(25)29(33-30)36-15-13-35(14-16-36)27(38)9-4-11-34-17-19-40-20-18-34;9-7-4-6-2-1-3-8(6)5-7;1-2-3/h2-9H,10-21H2,1H3;6-7,9H,1-5H2;1H3/b9-4+;;. The number of morpholine rings is 1. The van der Waals surface area contributed by atoms with Crippen molar-refractivity contribution in [1.29, 1.82) is 5.26 Å². The first kappa shape index (κ1) is 37.8. The lowest BCUT2D eigenvalue weighted by Crippen LogP contribution is -2.49. The second kappa shape index (κ2) is 18.2. The van der Waals surface area contributed by atoms with Gasteiger partial charge >= 0.3 is 6.01 Å². The van der Waals surface area contributed by atoms with Crippen molar-refractivity contribution in [3.63, 3.8) is 0 Å². The number of nitrogens with zero attached hydrogens (tertiary/aromatic N) is 8. The van der Waals surface area contributed by atoms with Crippen LogP contribution in [0.5, 0.6) is 6.01 Å². The number of fused-ring (bicyclic) bond motifs is 3. The molecule has 4 saturated heterocycles. The molecule has 0 radical (unpaired) electrons. The van der Waals surface area contributed by atoms with E-state index in [9.17, 15) is 9.90 Å². The van der Waals surface area contributed by atoms with Crippen LogP contribution in [0, 0.1) is 11.3 Å². The van der Waals surface area contributed by atoms with Crippen LogP contribution in [0.15, 0.2) is 48.6 Å². The third-order valence-corrected chi connectivity index (χ3v) is 10.8. The summed E-state index contributed by atoms with van der Waals surface area (Å²) in [5.74, 6) is 0.993. The average molecular weight is 731 g/mol. The normalized spacial score (nSPS) is 21.9. The maximum atomic E-state index is 12.8. The first-order valence-electron chi connectivity index (χ1n) is 18.5. The highest BCUT2D eigenvalue weighted by Crippen LogP contribution is 2.37. The molecule has 6 heterocycles. The molecule has 12 nitrogen and oxygen atoms in total. The van der Waals surface area contributed by atoms with Gasteiger partial charge in [-0.3, -0.25) is 14.6 Å². The first-order valence-corrected chi connectivity index (χ1v) is 18.9. The van der Waals surface area contributed by atoms with Crippen LogP contribution < -0.4 is 14.5 Å². The molecule has 0 bridgehead atoms. The van der Waals surface area contributed by atoms with E-state index < -0.39 is 0 Å². The fourth-order valence-corrected chi connectivity index (χ4v) is 8.16. The van der Waals surface area contributed by atoms with E-state index in [1.165, 1.54) is 26.3 Å². The molecule has 1 N–H and O–H groups in total. The summed E-state index contributed by atoms with van der Waals surface area (Å²) in [4.78, 5) is 33.6. The van der Waals surface area contributed by atoms with Crippen LogP contribution in [-0.2, 0) is 22.5 Å². The Labute approximate surface area is 312 Å². The second-order valence-corrected chi connectivity index (χ2v) is 14.2. The highest BCUT2D eigenvalue weighted by Gasteiger charge is 2.34. The summed E-state index contributed by atoms with van der Waals surface area (Å²) in [6.45, 7) is 12.0. The summed E-state index contributed by atoms with van der Waals surface area (Å²) in [5, 5.41) is 19.5. The molecule has 1 aromatic heterocycles. The minimum Gasteiger partial charge on any atom is -0.467 e. The van der Waals surface area contributed by atoms with E-state index in [1.807, 2.05) is 23.1 Å².